The fourth-order valence-corrected chi connectivity index (χ4v) is 1.57. The molecule has 2 N–H and O–H groups in total. The smallest absolute Gasteiger partial charge is 0.233 e. The molecule has 0 aromatic heterocycles. The van der Waals surface area contributed by atoms with Crippen LogP contribution in [-0.4, -0.2) is 25.5 Å². The maximum Gasteiger partial charge on any atom is 0.233 e. The molecule has 84 valence electrons. The minimum atomic E-state index is -0.0201. The maximum absolute atomic E-state index is 11.2. The van der Waals surface area contributed by atoms with Gasteiger partial charge >= 0.3 is 0 Å². The largest absolute Gasteiger partial charge is 0.354 e. The lowest BCUT2D eigenvalue weighted by Gasteiger charge is -2.10. The molecule has 0 aliphatic heterocycles. The lowest BCUT2D eigenvalue weighted by Crippen LogP contribution is -2.36. The molecule has 1 fully saturated rings. The summed E-state index contributed by atoms with van der Waals surface area (Å²) in [5, 5.41) is 14.1. The Labute approximate surface area is 91.0 Å². The van der Waals surface area contributed by atoms with E-state index < -0.39 is 0 Å². The van der Waals surface area contributed by atoms with E-state index in [1.807, 2.05) is 6.07 Å². The van der Waals surface area contributed by atoms with E-state index in [9.17, 15) is 4.79 Å². The fraction of sp³-hybridized carbons (Fsp3) is 0.818. The monoisotopic (exact) mass is 209 g/mol. The molecule has 1 saturated carbocycles. The van der Waals surface area contributed by atoms with Crippen molar-refractivity contribution < 1.29 is 4.79 Å². The Morgan fingerprint density at radius 1 is 1.60 bits per heavy atom. The van der Waals surface area contributed by atoms with E-state index >= 15 is 0 Å². The van der Waals surface area contributed by atoms with Crippen molar-refractivity contribution in [2.45, 2.75) is 26.2 Å². The number of nitrogens with one attached hydrogen (secondary N) is 2. The Kier molecular flexibility index (Phi) is 5.13. The molecular formula is C11H19N3O. The summed E-state index contributed by atoms with van der Waals surface area (Å²) in [5.74, 6) is 1.53. The second-order valence-corrected chi connectivity index (χ2v) is 4.20. The molecular weight excluding hydrogens is 190 g/mol. The summed E-state index contributed by atoms with van der Waals surface area (Å²) in [7, 11) is 0. The molecule has 0 saturated heterocycles. The topological polar surface area (TPSA) is 64.9 Å². The van der Waals surface area contributed by atoms with Crippen LogP contribution < -0.4 is 10.6 Å². The first kappa shape index (κ1) is 12.0. The number of carbonyl (C=O) groups excluding carboxylic acids is 1. The third-order valence-corrected chi connectivity index (χ3v) is 2.74. The predicted molar refractivity (Wildman–Crippen MR) is 58.0 cm³/mol. The molecule has 1 unspecified atom stereocenters. The lowest BCUT2D eigenvalue weighted by molar-refractivity contribution is -0.120. The molecule has 0 spiro atoms. The standard InChI is InChI=1S/C11H19N3O/c1-9(10-3-4-10)7-13-8-11(15)14-6-2-5-12/h9-10,13H,2-4,6-8H2,1H3,(H,14,15). The number of carbonyl (C=O) groups is 1. The molecule has 1 aliphatic rings. The van der Waals surface area contributed by atoms with Crippen LogP contribution in [0.25, 0.3) is 0 Å². The zero-order chi connectivity index (χ0) is 11.1. The minimum absolute atomic E-state index is 0.0201. The number of hydrogen-bond acceptors (Lipinski definition) is 3. The molecule has 4 heteroatoms. The highest BCUT2D eigenvalue weighted by molar-refractivity contribution is 5.77. The van der Waals surface area contributed by atoms with E-state index in [0.717, 1.165) is 12.5 Å². The van der Waals surface area contributed by atoms with Crippen LogP contribution in [0, 0.1) is 23.2 Å². The van der Waals surface area contributed by atoms with Gasteiger partial charge in [-0.1, -0.05) is 6.92 Å². The van der Waals surface area contributed by atoms with Gasteiger partial charge in [-0.3, -0.25) is 4.79 Å². The summed E-state index contributed by atoms with van der Waals surface area (Å²) in [4.78, 5) is 11.2. The van der Waals surface area contributed by atoms with Crippen molar-refractivity contribution in [1.82, 2.24) is 10.6 Å². The van der Waals surface area contributed by atoms with Gasteiger partial charge in [0.05, 0.1) is 19.0 Å². The second-order valence-electron chi connectivity index (χ2n) is 4.20. The van der Waals surface area contributed by atoms with Crippen LogP contribution in [0.15, 0.2) is 0 Å². The van der Waals surface area contributed by atoms with Crippen molar-refractivity contribution in [2.24, 2.45) is 11.8 Å². The third-order valence-electron chi connectivity index (χ3n) is 2.74. The van der Waals surface area contributed by atoms with Crippen LogP contribution >= 0.6 is 0 Å². The van der Waals surface area contributed by atoms with Crippen LogP contribution in [0.2, 0.25) is 0 Å². The van der Waals surface area contributed by atoms with Crippen molar-refractivity contribution in [3.8, 4) is 6.07 Å². The van der Waals surface area contributed by atoms with Crippen LogP contribution in [0.3, 0.4) is 0 Å². The summed E-state index contributed by atoms with van der Waals surface area (Å²) >= 11 is 0. The van der Waals surface area contributed by atoms with Gasteiger partial charge in [-0.05, 0) is 31.2 Å². The normalized spacial score (nSPS) is 16.8. The average Bonchev–Trinajstić information content (AvgIpc) is 3.01. The highest BCUT2D eigenvalue weighted by Crippen LogP contribution is 2.35. The number of amides is 1. The van der Waals surface area contributed by atoms with Gasteiger partial charge < -0.3 is 10.6 Å². The van der Waals surface area contributed by atoms with E-state index in [4.69, 9.17) is 5.26 Å². The molecule has 0 aromatic rings. The molecule has 1 aliphatic carbocycles. The summed E-state index contributed by atoms with van der Waals surface area (Å²) in [6.07, 6.45) is 3.07. The molecule has 0 heterocycles. The third kappa shape index (κ3) is 5.38. The van der Waals surface area contributed by atoms with E-state index in [1.54, 1.807) is 0 Å². The SMILES string of the molecule is CC(CNCC(=O)NCCC#N)C1CC1. The first-order valence-electron chi connectivity index (χ1n) is 5.58. The molecule has 0 radical (unpaired) electrons. The van der Waals surface area contributed by atoms with Gasteiger partial charge in [0.15, 0.2) is 0 Å². The predicted octanol–water partition coefficient (Wildman–Crippen LogP) is 0.652. The first-order chi connectivity index (χ1) is 7.24. The van der Waals surface area contributed by atoms with Crippen LogP contribution in [0.1, 0.15) is 26.2 Å². The van der Waals surface area contributed by atoms with Gasteiger partial charge in [-0.25, -0.2) is 0 Å². The van der Waals surface area contributed by atoms with Crippen molar-refractivity contribution in [3.05, 3.63) is 0 Å². The summed E-state index contributed by atoms with van der Waals surface area (Å²) < 4.78 is 0. The van der Waals surface area contributed by atoms with Gasteiger partial charge in [0.2, 0.25) is 5.91 Å². The number of nitriles is 1. The summed E-state index contributed by atoms with van der Waals surface area (Å²) in [5.41, 5.74) is 0. The first-order valence-corrected chi connectivity index (χ1v) is 5.58. The molecule has 4 nitrogen and oxygen atoms in total. The van der Waals surface area contributed by atoms with Gasteiger partial charge in [0.25, 0.3) is 0 Å². The minimum Gasteiger partial charge on any atom is -0.354 e. The molecule has 15 heavy (non-hydrogen) atoms. The van der Waals surface area contributed by atoms with Gasteiger partial charge in [0, 0.05) is 6.54 Å². The Bertz CT molecular complexity index is 243. The highest BCUT2D eigenvalue weighted by Gasteiger charge is 2.27. The quantitative estimate of drug-likeness (QED) is 0.605. The lowest BCUT2D eigenvalue weighted by atomic mass is 10.1. The van der Waals surface area contributed by atoms with E-state index in [1.165, 1.54) is 12.8 Å². The number of nitrogens with zero attached hydrogens (tertiary/aromatic N) is 1. The van der Waals surface area contributed by atoms with Crippen LogP contribution in [0.4, 0.5) is 0 Å². The van der Waals surface area contributed by atoms with Crippen molar-refractivity contribution >= 4 is 5.91 Å². The van der Waals surface area contributed by atoms with Gasteiger partial charge in [0.1, 0.15) is 0 Å². The van der Waals surface area contributed by atoms with E-state index in [0.29, 0.717) is 25.4 Å². The van der Waals surface area contributed by atoms with Gasteiger partial charge in [-0.15, -0.1) is 0 Å². The summed E-state index contributed by atoms with van der Waals surface area (Å²) in [6.45, 7) is 3.95. The van der Waals surface area contributed by atoms with Gasteiger partial charge in [-0.2, -0.15) is 5.26 Å². The van der Waals surface area contributed by atoms with E-state index in [2.05, 4.69) is 17.6 Å². The Hall–Kier alpha value is -1.08. The molecule has 1 amide bonds. The zero-order valence-corrected chi connectivity index (χ0v) is 9.25. The Morgan fingerprint density at radius 3 is 2.93 bits per heavy atom. The second kappa shape index (κ2) is 6.41. The van der Waals surface area contributed by atoms with Crippen molar-refractivity contribution in [1.29, 1.82) is 5.26 Å². The molecule has 1 atom stereocenters. The molecule has 0 bridgehead atoms. The number of hydrogen-bond donors (Lipinski definition) is 2. The maximum atomic E-state index is 11.2. The van der Waals surface area contributed by atoms with Crippen LogP contribution in [-0.2, 0) is 4.79 Å². The Morgan fingerprint density at radius 2 is 2.33 bits per heavy atom. The average molecular weight is 209 g/mol. The van der Waals surface area contributed by atoms with E-state index in [-0.39, 0.29) is 5.91 Å². The van der Waals surface area contributed by atoms with Crippen molar-refractivity contribution in [3.63, 3.8) is 0 Å². The number of rotatable bonds is 7. The zero-order valence-electron chi connectivity index (χ0n) is 9.25. The van der Waals surface area contributed by atoms with Crippen LogP contribution in [0.5, 0.6) is 0 Å². The fourth-order valence-electron chi connectivity index (χ4n) is 1.57. The highest BCUT2D eigenvalue weighted by atomic mass is 16.1. The summed E-state index contributed by atoms with van der Waals surface area (Å²) in [6, 6.07) is 1.99. The molecule has 0 aromatic carbocycles. The van der Waals surface area contributed by atoms with Crippen molar-refractivity contribution in [2.75, 3.05) is 19.6 Å². The Balaban J connectivity index is 1.94. The molecule has 1 rings (SSSR count).